The summed E-state index contributed by atoms with van der Waals surface area (Å²) in [5, 5.41) is 150. The van der Waals surface area contributed by atoms with Crippen molar-refractivity contribution >= 4 is 36.0 Å². The first-order chi connectivity index (χ1) is 41.9. The second-order valence-electron chi connectivity index (χ2n) is 21.0. The SMILES string of the molecule is CC(=O)OCC1OC(OC2(COC(=O)C=Cc3ccc(O)cc3)OC(CO)C(O)C2OC(=O)c2ccccc2)C(OC2OC(CO)C(O)C(O)C2O)C(OC2OC(CO)C(O)C(O)C2O)C1OC(=O)C=Cc1ccc(OC2OC(C)C(O)C(O)C2O)cc1. The largest absolute Gasteiger partial charge is 0.508 e. The minimum absolute atomic E-state index is 0.0946. The van der Waals surface area contributed by atoms with Crippen LogP contribution in [0, 0.1) is 0 Å². The highest BCUT2D eigenvalue weighted by Crippen LogP contribution is 2.42. The van der Waals surface area contributed by atoms with Gasteiger partial charge < -0.3 is 133 Å². The van der Waals surface area contributed by atoms with Crippen molar-refractivity contribution in [3.05, 3.63) is 108 Å². The number of carbonyl (C=O) groups is 4. The van der Waals surface area contributed by atoms with Gasteiger partial charge in [0.2, 0.25) is 12.1 Å². The summed E-state index contributed by atoms with van der Waals surface area (Å²) in [6.07, 6.45) is -40.7. The topological polar surface area (TPSA) is 471 Å². The summed E-state index contributed by atoms with van der Waals surface area (Å²) in [6.45, 7) is -2.88. The minimum atomic E-state index is -2.93. The van der Waals surface area contributed by atoms with Crippen LogP contribution in [0.2, 0.25) is 0 Å². The van der Waals surface area contributed by atoms with Crippen molar-refractivity contribution in [3.8, 4) is 11.5 Å². The van der Waals surface area contributed by atoms with Crippen LogP contribution < -0.4 is 4.74 Å². The molecule has 484 valence electrons. The maximum absolute atomic E-state index is 14.3. The van der Waals surface area contributed by atoms with E-state index < -0.39 is 204 Å². The molecule has 5 aliphatic rings. The number of phenolic OH excluding ortho intramolecular Hbond substituents is 1. The predicted octanol–water partition coefficient (Wildman–Crippen LogP) is -4.87. The monoisotopic (exact) mass is 1250 g/mol. The van der Waals surface area contributed by atoms with E-state index in [1.807, 2.05) is 0 Å². The van der Waals surface area contributed by atoms with Crippen LogP contribution in [0.25, 0.3) is 12.2 Å². The Balaban J connectivity index is 1.22. The Morgan fingerprint density at radius 2 is 1.05 bits per heavy atom. The Kier molecular flexibility index (Phi) is 23.1. The van der Waals surface area contributed by atoms with E-state index in [0.29, 0.717) is 5.56 Å². The van der Waals surface area contributed by atoms with E-state index >= 15 is 0 Å². The summed E-state index contributed by atoms with van der Waals surface area (Å²) in [5.74, 6) is -7.51. The van der Waals surface area contributed by atoms with Crippen LogP contribution in [-0.2, 0) is 71.2 Å². The molecule has 0 saturated carbocycles. The number of aliphatic hydroxyl groups is 13. The summed E-state index contributed by atoms with van der Waals surface area (Å²) in [7, 11) is 0. The van der Waals surface area contributed by atoms with Gasteiger partial charge in [0.25, 0.3) is 0 Å². The van der Waals surface area contributed by atoms with Crippen LogP contribution in [0.15, 0.2) is 91.0 Å². The fourth-order valence-electron chi connectivity index (χ4n) is 9.98. The highest BCUT2D eigenvalue weighted by Gasteiger charge is 2.64. The lowest BCUT2D eigenvalue weighted by Crippen LogP contribution is -2.69. The van der Waals surface area contributed by atoms with Crippen LogP contribution in [0.4, 0.5) is 0 Å². The van der Waals surface area contributed by atoms with E-state index in [4.69, 9.17) is 61.6 Å². The van der Waals surface area contributed by atoms with Crippen molar-refractivity contribution in [2.24, 2.45) is 0 Å². The van der Waals surface area contributed by atoms with Gasteiger partial charge in [0.05, 0.1) is 31.5 Å². The number of phenols is 1. The lowest BCUT2D eigenvalue weighted by Gasteiger charge is -2.50. The Morgan fingerprint density at radius 3 is 1.61 bits per heavy atom. The average Bonchev–Trinajstić information content (AvgIpc) is 1.97. The molecule has 3 aromatic carbocycles. The third-order valence-corrected chi connectivity index (χ3v) is 14.9. The van der Waals surface area contributed by atoms with Gasteiger partial charge in [0.15, 0.2) is 31.1 Å². The molecule has 24 atom stereocenters. The first-order valence-electron chi connectivity index (χ1n) is 27.6. The van der Waals surface area contributed by atoms with Gasteiger partial charge in [-0.3, -0.25) is 4.79 Å². The molecule has 24 unspecified atom stereocenters. The molecule has 14 N–H and O–H groups in total. The van der Waals surface area contributed by atoms with E-state index in [9.17, 15) is 90.7 Å². The Hall–Kier alpha value is -6.22. The van der Waals surface area contributed by atoms with Gasteiger partial charge in [0, 0.05) is 19.1 Å². The molecule has 5 fully saturated rings. The second kappa shape index (κ2) is 30.1. The Labute approximate surface area is 500 Å². The standard InChI is InChI=1S/C57H70O31/c1-25-38(65)42(69)45(72)53(78-25)79-31-16-10-28(11-17-31)13-19-37(64)83-48-35(23-76-26(2)61)82-56(50(85-55-47(74)44(71)40(67)33(21-59)81-55)49(48)84-54-46(73)43(70)39(66)32(20-58)80-54)88-57(24-77-36(63)18-12-27-8-14-30(62)15-9-27)51(41(68)34(22-60)87-57)86-52(75)29-6-4-3-5-7-29/h3-19,25,32-35,38-51,53-56,58-60,62,65-74H,20-24H2,1-2H3. The molecule has 31 nitrogen and oxygen atoms in total. The molecule has 0 aliphatic carbocycles. The van der Waals surface area contributed by atoms with Gasteiger partial charge in [-0.05, 0) is 66.6 Å². The van der Waals surface area contributed by atoms with Gasteiger partial charge >= 0.3 is 23.9 Å². The molecule has 8 rings (SSSR count). The molecule has 0 amide bonds. The summed E-state index contributed by atoms with van der Waals surface area (Å²) in [6, 6.07) is 18.3. The smallest absolute Gasteiger partial charge is 0.338 e. The van der Waals surface area contributed by atoms with Gasteiger partial charge in [-0.1, -0.05) is 42.5 Å². The van der Waals surface area contributed by atoms with Crippen molar-refractivity contribution in [2.45, 2.75) is 161 Å². The van der Waals surface area contributed by atoms with E-state index in [-0.39, 0.29) is 22.6 Å². The van der Waals surface area contributed by atoms with Crippen LogP contribution in [0.3, 0.4) is 0 Å². The zero-order chi connectivity index (χ0) is 63.7. The second-order valence-corrected chi connectivity index (χ2v) is 21.0. The number of aliphatic hydroxyl groups excluding tert-OH is 13. The number of ether oxygens (including phenoxy) is 13. The molecular formula is C57H70O31. The predicted molar refractivity (Wildman–Crippen MR) is 286 cm³/mol. The molecule has 0 spiro atoms. The quantitative estimate of drug-likeness (QED) is 0.0255. The molecule has 5 heterocycles. The summed E-state index contributed by atoms with van der Waals surface area (Å²) < 4.78 is 77.4. The number of aromatic hydroxyl groups is 1. The number of esters is 4. The zero-order valence-electron chi connectivity index (χ0n) is 46.8. The van der Waals surface area contributed by atoms with Crippen LogP contribution in [0.1, 0.15) is 35.3 Å². The molecule has 3 aromatic rings. The average molecular weight is 1250 g/mol. The molecule has 88 heavy (non-hydrogen) atoms. The van der Waals surface area contributed by atoms with Gasteiger partial charge in [-0.2, -0.15) is 0 Å². The van der Waals surface area contributed by atoms with Crippen molar-refractivity contribution in [3.63, 3.8) is 0 Å². The maximum Gasteiger partial charge on any atom is 0.338 e. The Bertz CT molecular complexity index is 2820. The normalized spacial score (nSPS) is 37.7. The molecule has 5 saturated heterocycles. The summed E-state index contributed by atoms with van der Waals surface area (Å²) in [4.78, 5) is 54.6. The lowest BCUT2D eigenvalue weighted by atomic mass is 9.95. The lowest BCUT2D eigenvalue weighted by molar-refractivity contribution is -0.421. The number of benzene rings is 3. The number of hydrogen-bond acceptors (Lipinski definition) is 31. The third kappa shape index (κ3) is 15.8. The fourth-order valence-corrected chi connectivity index (χ4v) is 9.98. The molecule has 0 aromatic heterocycles. The minimum Gasteiger partial charge on any atom is -0.508 e. The van der Waals surface area contributed by atoms with Gasteiger partial charge in [-0.15, -0.1) is 0 Å². The fraction of sp³-hybridized carbons (Fsp3) is 0.544. The number of rotatable bonds is 22. The van der Waals surface area contributed by atoms with E-state index in [1.54, 1.807) is 6.07 Å². The molecule has 0 radical (unpaired) electrons. The van der Waals surface area contributed by atoms with Crippen LogP contribution in [-0.4, -0.2) is 275 Å². The Morgan fingerprint density at radius 1 is 0.523 bits per heavy atom. The summed E-state index contributed by atoms with van der Waals surface area (Å²) >= 11 is 0. The maximum atomic E-state index is 14.3. The number of carbonyl (C=O) groups excluding carboxylic acids is 4. The molecule has 5 aliphatic heterocycles. The van der Waals surface area contributed by atoms with Crippen molar-refractivity contribution in [1.29, 1.82) is 0 Å². The third-order valence-electron chi connectivity index (χ3n) is 14.9. The van der Waals surface area contributed by atoms with Crippen molar-refractivity contribution < 1.29 is 152 Å². The molecule has 0 bridgehead atoms. The highest BCUT2D eigenvalue weighted by molar-refractivity contribution is 5.90. The number of hydrogen-bond donors (Lipinski definition) is 14. The van der Waals surface area contributed by atoms with Crippen molar-refractivity contribution in [2.75, 3.05) is 33.0 Å². The van der Waals surface area contributed by atoms with E-state index in [2.05, 4.69) is 0 Å². The zero-order valence-corrected chi connectivity index (χ0v) is 46.8. The highest BCUT2D eigenvalue weighted by atomic mass is 16.8. The van der Waals surface area contributed by atoms with E-state index in [0.717, 1.165) is 19.1 Å². The van der Waals surface area contributed by atoms with Crippen LogP contribution >= 0.6 is 0 Å². The molecule has 31 heteroatoms. The first-order valence-corrected chi connectivity index (χ1v) is 27.6. The molecular weight excluding hydrogens is 1180 g/mol. The van der Waals surface area contributed by atoms with Crippen molar-refractivity contribution in [1.82, 2.24) is 0 Å². The first kappa shape index (κ1) is 67.7. The van der Waals surface area contributed by atoms with Crippen LogP contribution in [0.5, 0.6) is 11.5 Å². The van der Waals surface area contributed by atoms with Gasteiger partial charge in [0.1, 0.15) is 122 Å². The van der Waals surface area contributed by atoms with Gasteiger partial charge in [-0.25, -0.2) is 14.4 Å². The van der Waals surface area contributed by atoms with E-state index in [1.165, 1.54) is 91.9 Å². The summed E-state index contributed by atoms with van der Waals surface area (Å²) in [5.41, 5.74) is 0.547.